The average Bonchev–Trinajstić information content (AvgIpc) is 3.05. The van der Waals surface area contributed by atoms with Crippen molar-refractivity contribution in [3.05, 3.63) is 36.4 Å². The molecule has 96 valence electrons. The number of aromatic carboxylic acids is 1. The first-order chi connectivity index (χ1) is 9.19. The van der Waals surface area contributed by atoms with Gasteiger partial charge < -0.3 is 14.3 Å². The molecule has 0 unspecified atom stereocenters. The maximum absolute atomic E-state index is 10.9. The number of carboxylic acids is 1. The lowest BCUT2D eigenvalue weighted by molar-refractivity contribution is 0.0665. The molecule has 1 aromatic carbocycles. The van der Waals surface area contributed by atoms with Gasteiger partial charge in [-0.15, -0.1) is 0 Å². The van der Waals surface area contributed by atoms with Crippen molar-refractivity contribution in [2.24, 2.45) is 0 Å². The lowest BCUT2D eigenvalue weighted by Gasteiger charge is -2.03. The van der Waals surface area contributed by atoms with Crippen LogP contribution in [0.5, 0.6) is 5.75 Å². The zero-order valence-electron chi connectivity index (χ0n) is 10.0. The van der Waals surface area contributed by atoms with E-state index < -0.39 is 5.97 Å². The number of hydrogen-bond donors (Lipinski definition) is 2. The lowest BCUT2D eigenvalue weighted by atomic mass is 10.1. The summed E-state index contributed by atoms with van der Waals surface area (Å²) in [5.74, 6) is -0.734. The molecule has 3 aromatic rings. The Labute approximate surface area is 107 Å². The molecule has 2 aromatic heterocycles. The molecular weight excluding hydrogens is 248 g/mol. The van der Waals surface area contributed by atoms with E-state index in [0.717, 1.165) is 11.1 Å². The molecule has 6 heteroatoms. The van der Waals surface area contributed by atoms with Crippen LogP contribution in [0.1, 0.15) is 10.6 Å². The standard InChI is InChI=1S/C13H10N2O4/c1-18-10-3-7(9-5-14-15-6-9)2-8-4-11(13(16)17)19-12(8)10/h2-6H,1H3,(H,14,15)(H,16,17). The largest absolute Gasteiger partial charge is 0.493 e. The van der Waals surface area contributed by atoms with Crippen LogP contribution < -0.4 is 4.74 Å². The fourth-order valence-electron chi connectivity index (χ4n) is 1.95. The highest BCUT2D eigenvalue weighted by Gasteiger charge is 2.15. The first kappa shape index (κ1) is 11.3. The van der Waals surface area contributed by atoms with Gasteiger partial charge in [0.1, 0.15) is 0 Å². The molecule has 0 saturated heterocycles. The van der Waals surface area contributed by atoms with Gasteiger partial charge >= 0.3 is 5.97 Å². The van der Waals surface area contributed by atoms with E-state index in [4.69, 9.17) is 14.3 Å². The third-order valence-corrected chi connectivity index (χ3v) is 2.84. The fourth-order valence-corrected chi connectivity index (χ4v) is 1.95. The Morgan fingerprint density at radius 3 is 2.84 bits per heavy atom. The van der Waals surface area contributed by atoms with Gasteiger partial charge in [-0.25, -0.2) is 4.79 Å². The second kappa shape index (κ2) is 4.16. The van der Waals surface area contributed by atoms with Crippen LogP contribution in [-0.4, -0.2) is 28.4 Å². The van der Waals surface area contributed by atoms with Gasteiger partial charge in [-0.1, -0.05) is 0 Å². The Kier molecular flexibility index (Phi) is 2.49. The minimum absolute atomic E-state index is 0.113. The third kappa shape index (κ3) is 1.83. The minimum Gasteiger partial charge on any atom is -0.493 e. The van der Waals surface area contributed by atoms with Crippen molar-refractivity contribution in [3.8, 4) is 16.9 Å². The normalized spacial score (nSPS) is 10.8. The first-order valence-electron chi connectivity index (χ1n) is 5.53. The Hall–Kier alpha value is -2.76. The van der Waals surface area contributed by atoms with E-state index in [9.17, 15) is 4.79 Å². The second-order valence-electron chi connectivity index (χ2n) is 4.00. The van der Waals surface area contributed by atoms with Crippen molar-refractivity contribution < 1.29 is 19.1 Å². The van der Waals surface area contributed by atoms with Crippen molar-refractivity contribution in [2.75, 3.05) is 7.11 Å². The molecule has 0 aliphatic rings. The van der Waals surface area contributed by atoms with Crippen molar-refractivity contribution in [1.82, 2.24) is 10.2 Å². The summed E-state index contributed by atoms with van der Waals surface area (Å²) in [5, 5.41) is 16.2. The predicted molar refractivity (Wildman–Crippen MR) is 67.3 cm³/mol. The van der Waals surface area contributed by atoms with Crippen LogP contribution >= 0.6 is 0 Å². The lowest BCUT2D eigenvalue weighted by Crippen LogP contribution is -1.91. The summed E-state index contributed by atoms with van der Waals surface area (Å²) in [7, 11) is 1.51. The second-order valence-corrected chi connectivity index (χ2v) is 4.00. The van der Waals surface area contributed by atoms with Crippen LogP contribution in [0.2, 0.25) is 0 Å². The summed E-state index contributed by atoms with van der Waals surface area (Å²) in [4.78, 5) is 10.9. The van der Waals surface area contributed by atoms with Crippen LogP contribution in [-0.2, 0) is 0 Å². The van der Waals surface area contributed by atoms with E-state index in [1.807, 2.05) is 6.07 Å². The number of furan rings is 1. The number of ether oxygens (including phenoxy) is 1. The quantitative estimate of drug-likeness (QED) is 0.753. The van der Waals surface area contributed by atoms with Gasteiger partial charge in [0.25, 0.3) is 0 Å². The maximum atomic E-state index is 10.9. The van der Waals surface area contributed by atoms with Gasteiger partial charge in [-0.2, -0.15) is 5.10 Å². The number of fused-ring (bicyclic) bond motifs is 1. The van der Waals surface area contributed by atoms with Crippen molar-refractivity contribution >= 4 is 16.9 Å². The number of nitrogens with one attached hydrogen (secondary N) is 1. The number of rotatable bonds is 3. The van der Waals surface area contributed by atoms with E-state index in [1.165, 1.54) is 13.2 Å². The number of methoxy groups -OCH3 is 1. The molecular formula is C13H10N2O4. The van der Waals surface area contributed by atoms with E-state index in [1.54, 1.807) is 18.5 Å². The molecule has 0 fully saturated rings. The summed E-state index contributed by atoms with van der Waals surface area (Å²) in [6.07, 6.45) is 3.43. The summed E-state index contributed by atoms with van der Waals surface area (Å²) in [6.45, 7) is 0. The highest BCUT2D eigenvalue weighted by molar-refractivity contribution is 5.95. The maximum Gasteiger partial charge on any atom is 0.371 e. The summed E-state index contributed by atoms with van der Waals surface area (Å²) >= 11 is 0. The van der Waals surface area contributed by atoms with E-state index in [2.05, 4.69) is 10.2 Å². The molecule has 0 saturated carbocycles. The molecule has 19 heavy (non-hydrogen) atoms. The van der Waals surface area contributed by atoms with Crippen LogP contribution in [0.25, 0.3) is 22.1 Å². The van der Waals surface area contributed by atoms with Gasteiger partial charge in [0.2, 0.25) is 5.76 Å². The Balaban J connectivity index is 2.25. The molecule has 2 heterocycles. The number of nitrogens with zero attached hydrogens (tertiary/aromatic N) is 1. The van der Waals surface area contributed by atoms with Crippen LogP contribution in [0.4, 0.5) is 0 Å². The number of aromatic amines is 1. The molecule has 0 spiro atoms. The van der Waals surface area contributed by atoms with Gasteiger partial charge in [-0.3, -0.25) is 5.10 Å². The molecule has 0 bridgehead atoms. The molecule has 3 rings (SSSR count). The molecule has 0 aliphatic carbocycles. The predicted octanol–water partition coefficient (Wildman–Crippen LogP) is 2.53. The zero-order chi connectivity index (χ0) is 13.4. The van der Waals surface area contributed by atoms with Crippen molar-refractivity contribution in [2.45, 2.75) is 0 Å². The number of carboxylic acid groups (broad SMARTS) is 1. The molecule has 6 nitrogen and oxygen atoms in total. The summed E-state index contributed by atoms with van der Waals surface area (Å²) in [5.41, 5.74) is 2.18. The van der Waals surface area contributed by atoms with E-state index in [0.29, 0.717) is 16.7 Å². The smallest absolute Gasteiger partial charge is 0.371 e. The molecule has 0 amide bonds. The summed E-state index contributed by atoms with van der Waals surface area (Å²) in [6, 6.07) is 5.09. The van der Waals surface area contributed by atoms with Gasteiger partial charge in [0.15, 0.2) is 11.3 Å². The van der Waals surface area contributed by atoms with E-state index in [-0.39, 0.29) is 5.76 Å². The third-order valence-electron chi connectivity index (χ3n) is 2.84. The molecule has 0 aliphatic heterocycles. The average molecular weight is 258 g/mol. The van der Waals surface area contributed by atoms with Crippen LogP contribution in [0.3, 0.4) is 0 Å². The number of H-pyrrole nitrogens is 1. The fraction of sp³-hybridized carbons (Fsp3) is 0.0769. The zero-order valence-corrected chi connectivity index (χ0v) is 10.0. The Bertz CT molecular complexity index is 743. The molecule has 2 N–H and O–H groups in total. The SMILES string of the molecule is COc1cc(-c2cn[nH]c2)cc2cc(C(=O)O)oc12. The Morgan fingerprint density at radius 1 is 1.37 bits per heavy atom. The number of benzene rings is 1. The van der Waals surface area contributed by atoms with Gasteiger partial charge in [-0.05, 0) is 23.8 Å². The highest BCUT2D eigenvalue weighted by Crippen LogP contribution is 2.34. The minimum atomic E-state index is -1.11. The van der Waals surface area contributed by atoms with Crippen LogP contribution in [0, 0.1) is 0 Å². The monoisotopic (exact) mass is 258 g/mol. The van der Waals surface area contributed by atoms with Crippen LogP contribution in [0.15, 0.2) is 35.0 Å². The first-order valence-corrected chi connectivity index (χ1v) is 5.53. The van der Waals surface area contributed by atoms with Gasteiger partial charge in [0, 0.05) is 17.1 Å². The number of aromatic nitrogens is 2. The number of carbonyl (C=O) groups is 1. The van der Waals surface area contributed by atoms with E-state index >= 15 is 0 Å². The van der Waals surface area contributed by atoms with Gasteiger partial charge in [0.05, 0.1) is 13.3 Å². The highest BCUT2D eigenvalue weighted by atomic mass is 16.5. The van der Waals surface area contributed by atoms with Crippen molar-refractivity contribution in [3.63, 3.8) is 0 Å². The van der Waals surface area contributed by atoms with Crippen molar-refractivity contribution in [1.29, 1.82) is 0 Å². The number of hydrogen-bond acceptors (Lipinski definition) is 4. The molecule has 0 atom stereocenters. The topological polar surface area (TPSA) is 88.3 Å². The Morgan fingerprint density at radius 2 is 2.21 bits per heavy atom. The summed E-state index contributed by atoms with van der Waals surface area (Å²) < 4.78 is 10.5. The molecule has 0 radical (unpaired) electrons.